The first-order chi connectivity index (χ1) is 41.3. The Labute approximate surface area is 489 Å². The monoisotopic (exact) mass is 1150 g/mol. The van der Waals surface area contributed by atoms with Gasteiger partial charge in [0.1, 0.15) is 17.9 Å². The number of aldehydes is 1. The standard InChI is InChI=1S/C31H33FN8O2.C23H24N6O3.C9H10FN/c32-23-8-4-21(5-9-23)26-19-27(26)34-12-1-3-24-20-40(25-10-6-22(7-11-25)28-35-13-2-14-36-28)30(41)29(37-24)38-15-17-39(18-16-38)31(33)42;24-20(31)16-8-12-28(13-9-16)22-23(32)29(15-18(27-22)3-1-14-30)19-6-4-17(5-7-19)21-25-10-2-11-26-21;10-7-3-1-6(2-4-7)8-5-9(8)11/h2,4-11,13-14,20,26-27,34H,1,3,12,15-19H2,(H2,33,42);2,4-7,10-11,14-16H,1,3,8-9,12-13H2,(H2,24,31);1-4,8-9H,5,11H2/t26-,27+;;8-,9+/m0.0/s1. The number of aryl methyl sites for hydroxylation is 2. The SMILES string of the molecule is NC(=O)C1CCN(c2nc(CCC=O)cn(-c3ccc(-c4ncccn4)cc3)c2=O)CC1.NC(=O)N1CCN(c2nc(CCCN[C@@H]3C[C@H]3c3ccc(F)cc3)cn(-c3ccc(-c4ncccn4)cc3)c2=O)CC1.N[C@@H]1C[C@H]1c1ccc(F)cc1. The summed E-state index contributed by atoms with van der Waals surface area (Å²) >= 11 is 0. The predicted octanol–water partition coefficient (Wildman–Crippen LogP) is 6.27. The maximum atomic E-state index is 13.7. The number of carbonyl (C=O) groups excluding carboxylic acids is 3. The Morgan fingerprint density at radius 3 is 1.51 bits per heavy atom. The number of rotatable bonds is 17. The number of piperazine rings is 1. The third-order valence-corrected chi connectivity index (χ3v) is 15.7. The highest BCUT2D eigenvalue weighted by atomic mass is 19.1. The molecule has 4 aromatic carbocycles. The number of benzene rings is 4. The van der Waals surface area contributed by atoms with Crippen LogP contribution in [0.15, 0.2) is 156 Å². The molecule has 0 bridgehead atoms. The van der Waals surface area contributed by atoms with Gasteiger partial charge in [-0.2, -0.15) is 0 Å². The van der Waals surface area contributed by atoms with Crippen molar-refractivity contribution in [1.29, 1.82) is 0 Å². The van der Waals surface area contributed by atoms with Crippen LogP contribution in [-0.2, 0) is 22.4 Å². The third-order valence-electron chi connectivity index (χ3n) is 15.7. The number of nitrogens with two attached hydrogens (primary N) is 3. The summed E-state index contributed by atoms with van der Waals surface area (Å²) in [7, 11) is 0. The van der Waals surface area contributed by atoms with Crippen LogP contribution in [0.4, 0.5) is 25.2 Å². The number of hydrogen-bond donors (Lipinski definition) is 4. The third kappa shape index (κ3) is 15.1. The molecule has 12 rings (SSSR count). The summed E-state index contributed by atoms with van der Waals surface area (Å²) in [4.78, 5) is 92.9. The zero-order chi connectivity index (χ0) is 59.4. The number of hydrogen-bond acceptors (Lipinski definition) is 15. The van der Waals surface area contributed by atoms with E-state index in [9.17, 15) is 32.8 Å². The Hall–Kier alpha value is -9.41. The lowest BCUT2D eigenvalue weighted by Gasteiger charge is -2.34. The highest BCUT2D eigenvalue weighted by molar-refractivity contribution is 5.77. The van der Waals surface area contributed by atoms with Gasteiger partial charge in [-0.05, 0) is 148 Å². The number of carbonyl (C=O) groups is 3. The number of halogens is 2. The molecule has 3 amide bonds. The Kier molecular flexibility index (Phi) is 18.9. The molecule has 8 aromatic rings. The first-order valence-corrected chi connectivity index (χ1v) is 28.6. The second-order valence-electron chi connectivity index (χ2n) is 21.5. The summed E-state index contributed by atoms with van der Waals surface area (Å²) in [5, 5.41) is 3.60. The van der Waals surface area contributed by atoms with Crippen LogP contribution >= 0.6 is 0 Å². The average Bonchev–Trinajstić information content (AvgIpc) is 3.70. The van der Waals surface area contributed by atoms with Gasteiger partial charge in [-0.25, -0.2) is 43.5 Å². The summed E-state index contributed by atoms with van der Waals surface area (Å²) in [6.07, 6.45) is 16.6. The van der Waals surface area contributed by atoms with E-state index in [1.807, 2.05) is 88.8 Å². The molecular weight excluding hydrogens is 1080 g/mol. The van der Waals surface area contributed by atoms with Crippen molar-refractivity contribution in [1.82, 2.24) is 49.3 Å². The zero-order valence-corrected chi connectivity index (χ0v) is 46.9. The van der Waals surface area contributed by atoms with Crippen molar-refractivity contribution < 1.29 is 23.2 Å². The van der Waals surface area contributed by atoms with E-state index in [0.717, 1.165) is 60.2 Å². The number of primary amides is 2. The number of amides is 3. The molecule has 2 aliphatic carbocycles. The Morgan fingerprint density at radius 2 is 1.06 bits per heavy atom. The van der Waals surface area contributed by atoms with E-state index in [1.165, 1.54) is 29.8 Å². The molecule has 2 saturated carbocycles. The molecule has 4 aromatic heterocycles. The smallest absolute Gasteiger partial charge is 0.314 e. The lowest BCUT2D eigenvalue weighted by Crippen LogP contribution is -2.52. The van der Waals surface area contributed by atoms with Gasteiger partial charge >= 0.3 is 6.03 Å². The lowest BCUT2D eigenvalue weighted by molar-refractivity contribution is -0.122. The van der Waals surface area contributed by atoms with Crippen molar-refractivity contribution in [2.75, 3.05) is 55.6 Å². The van der Waals surface area contributed by atoms with Gasteiger partial charge in [0.2, 0.25) is 5.91 Å². The second kappa shape index (κ2) is 27.3. The second-order valence-corrected chi connectivity index (χ2v) is 21.5. The molecule has 4 atom stereocenters. The number of nitrogens with zero attached hydrogens (tertiary/aromatic N) is 11. The van der Waals surface area contributed by atoms with Crippen LogP contribution in [0.1, 0.15) is 72.9 Å². The van der Waals surface area contributed by atoms with Crippen LogP contribution in [-0.4, -0.2) is 120 Å². The number of urea groups is 1. The molecule has 438 valence electrons. The fraction of sp³-hybridized carbons (Fsp3) is 0.317. The minimum Gasteiger partial charge on any atom is -0.369 e. The zero-order valence-electron chi connectivity index (χ0n) is 46.9. The van der Waals surface area contributed by atoms with Crippen molar-refractivity contribution in [2.24, 2.45) is 23.1 Å². The van der Waals surface area contributed by atoms with Crippen LogP contribution in [0.5, 0.6) is 0 Å². The van der Waals surface area contributed by atoms with Crippen LogP contribution < -0.4 is 43.4 Å². The number of anilines is 2. The molecule has 0 spiro atoms. The quantitative estimate of drug-likeness (QED) is 0.0578. The summed E-state index contributed by atoms with van der Waals surface area (Å²) in [5.41, 5.74) is 23.0. The lowest BCUT2D eigenvalue weighted by atomic mass is 9.96. The van der Waals surface area contributed by atoms with Crippen molar-refractivity contribution >= 4 is 29.9 Å². The van der Waals surface area contributed by atoms with Gasteiger partial charge in [-0.1, -0.05) is 24.3 Å². The Morgan fingerprint density at radius 1 is 0.600 bits per heavy atom. The van der Waals surface area contributed by atoms with Crippen LogP contribution in [0.2, 0.25) is 0 Å². The number of piperidine rings is 1. The van der Waals surface area contributed by atoms with Crippen molar-refractivity contribution in [3.8, 4) is 34.2 Å². The van der Waals surface area contributed by atoms with E-state index >= 15 is 0 Å². The fourth-order valence-corrected chi connectivity index (χ4v) is 10.6. The number of aromatic nitrogens is 8. The molecule has 20 nitrogen and oxygen atoms in total. The van der Waals surface area contributed by atoms with E-state index in [2.05, 4.69) is 30.2 Å². The van der Waals surface area contributed by atoms with Gasteiger partial charge in [-0.3, -0.25) is 23.5 Å². The Balaban J connectivity index is 0.000000164. The molecule has 2 saturated heterocycles. The topological polar surface area (TPSA) is 272 Å². The summed E-state index contributed by atoms with van der Waals surface area (Å²) in [6.45, 7) is 3.69. The first-order valence-electron chi connectivity index (χ1n) is 28.6. The predicted molar refractivity (Wildman–Crippen MR) is 319 cm³/mol. The Bertz CT molecular complexity index is 3680. The van der Waals surface area contributed by atoms with E-state index in [-0.39, 0.29) is 34.6 Å². The molecular formula is C63H67F2N15O5. The average molecular weight is 1150 g/mol. The van der Waals surface area contributed by atoms with E-state index < -0.39 is 6.03 Å². The molecule has 4 aliphatic rings. The molecule has 7 N–H and O–H groups in total. The van der Waals surface area contributed by atoms with Gasteiger partial charge < -0.3 is 42.0 Å². The highest BCUT2D eigenvalue weighted by Crippen LogP contribution is 2.41. The van der Waals surface area contributed by atoms with Crippen molar-refractivity contribution in [3.63, 3.8) is 0 Å². The molecule has 22 heteroatoms. The summed E-state index contributed by atoms with van der Waals surface area (Å²) in [5.74, 6) is 1.93. The van der Waals surface area contributed by atoms with Gasteiger partial charge in [0.25, 0.3) is 11.1 Å². The normalized spacial score (nSPS) is 18.1. The van der Waals surface area contributed by atoms with Crippen LogP contribution in [0, 0.1) is 17.6 Å². The minimum absolute atomic E-state index is 0.178. The molecule has 0 radical (unpaired) electrons. The van der Waals surface area contributed by atoms with Gasteiger partial charge in [-0.15, -0.1) is 0 Å². The minimum atomic E-state index is -0.457. The summed E-state index contributed by atoms with van der Waals surface area (Å²) < 4.78 is 28.9. The highest BCUT2D eigenvalue weighted by Gasteiger charge is 2.38. The molecule has 4 fully saturated rings. The number of nitrogens with one attached hydrogen (secondary N) is 1. The first kappa shape index (κ1) is 58.8. The van der Waals surface area contributed by atoms with E-state index in [0.29, 0.717) is 130 Å². The maximum absolute atomic E-state index is 13.7. The van der Waals surface area contributed by atoms with Gasteiger partial charge in [0.05, 0.1) is 11.4 Å². The fourth-order valence-electron chi connectivity index (χ4n) is 10.6. The van der Waals surface area contributed by atoms with E-state index in [4.69, 9.17) is 22.2 Å². The van der Waals surface area contributed by atoms with Crippen LogP contribution in [0.3, 0.4) is 0 Å². The van der Waals surface area contributed by atoms with E-state index in [1.54, 1.807) is 57.2 Å². The van der Waals surface area contributed by atoms with Crippen LogP contribution in [0.25, 0.3) is 34.2 Å². The van der Waals surface area contributed by atoms with Crippen molar-refractivity contribution in [2.45, 2.75) is 75.3 Å². The molecule has 2 aliphatic heterocycles. The summed E-state index contributed by atoms with van der Waals surface area (Å²) in [6, 6.07) is 32.1. The van der Waals surface area contributed by atoms with Crippen molar-refractivity contribution in [3.05, 3.63) is 201 Å². The van der Waals surface area contributed by atoms with Gasteiger partial charge in [0, 0.05) is 135 Å². The molecule has 0 unspecified atom stereocenters. The molecule has 85 heavy (non-hydrogen) atoms. The maximum Gasteiger partial charge on any atom is 0.314 e. The molecule has 6 heterocycles. The van der Waals surface area contributed by atoms with Gasteiger partial charge in [0.15, 0.2) is 23.3 Å². The largest absolute Gasteiger partial charge is 0.369 e.